The van der Waals surface area contributed by atoms with Crippen LogP contribution in [0.3, 0.4) is 0 Å². The Hall–Kier alpha value is -0.350. The van der Waals surface area contributed by atoms with Gasteiger partial charge in [0, 0.05) is 12.1 Å². The molecule has 0 aliphatic rings. The Balaban J connectivity index is -0.000000375. The van der Waals surface area contributed by atoms with Crippen molar-refractivity contribution in [1.82, 2.24) is 4.31 Å². The third-order valence-electron chi connectivity index (χ3n) is 2.04. The molecule has 0 spiro atoms. The van der Waals surface area contributed by atoms with Crippen LogP contribution in [0.2, 0.25) is 0 Å². The van der Waals surface area contributed by atoms with Crippen molar-refractivity contribution in [1.29, 1.82) is 0 Å². The Morgan fingerprint density at radius 1 is 0.947 bits per heavy atom. The molecule has 0 aromatic heterocycles. The summed E-state index contributed by atoms with van der Waals surface area (Å²) in [6, 6.07) is 0. The van der Waals surface area contributed by atoms with Crippen molar-refractivity contribution in [3.8, 4) is 0 Å². The van der Waals surface area contributed by atoms with Crippen molar-refractivity contribution in [2.75, 3.05) is 12.8 Å². The zero-order chi connectivity index (χ0) is 13.2. The average Bonchev–Trinajstić information content (AvgIpc) is 1.90. The van der Waals surface area contributed by atoms with Gasteiger partial charge in [0.1, 0.15) is 0 Å². The second-order valence-electron chi connectivity index (χ2n) is 6.23. The zero-order valence-electron chi connectivity index (χ0n) is 11.5. The molecular weight excluding hydrogens is 258 g/mol. The summed E-state index contributed by atoms with van der Waals surface area (Å²) in [4.78, 5) is 0. The van der Waals surface area contributed by atoms with Crippen molar-refractivity contribution in [3.05, 3.63) is 12.2 Å². The predicted octanol–water partition coefficient (Wildman–Crippen LogP) is 4.56. The number of nitrogens with zero attached hydrogens (tertiary/aromatic N) is 1. The van der Waals surface area contributed by atoms with E-state index in [1.807, 2.05) is 32.9 Å². The van der Waals surface area contributed by atoms with Crippen molar-refractivity contribution < 1.29 is 8.42 Å². The highest BCUT2D eigenvalue weighted by molar-refractivity contribution is 7.88. The second kappa shape index (κ2) is 8.75. The van der Waals surface area contributed by atoms with E-state index in [4.69, 9.17) is 0 Å². The highest BCUT2D eigenvalue weighted by Gasteiger charge is 2.28. The number of hydrogen-bond donors (Lipinski definition) is 0. The smallest absolute Gasteiger partial charge is 0.211 e. The summed E-state index contributed by atoms with van der Waals surface area (Å²) in [5, 5.41) is 0. The molecule has 3 nitrogen and oxygen atoms in total. The quantitative estimate of drug-likeness (QED) is 0.716. The molecule has 4 heteroatoms. The first kappa shape index (κ1) is 27.1. The molecule has 0 atom stereocenters. The number of rotatable bonds is 3. The fraction of sp³-hybridized carbons (Fsp3) is 0.867. The van der Waals surface area contributed by atoms with Gasteiger partial charge in [-0.2, -0.15) is 4.31 Å². The summed E-state index contributed by atoms with van der Waals surface area (Å²) >= 11 is 0. The third-order valence-corrected chi connectivity index (χ3v) is 3.54. The van der Waals surface area contributed by atoms with Crippen molar-refractivity contribution >= 4 is 10.0 Å². The van der Waals surface area contributed by atoms with Gasteiger partial charge in [0.05, 0.1) is 6.26 Å². The van der Waals surface area contributed by atoms with Crippen LogP contribution in [0.1, 0.15) is 63.8 Å². The largest absolute Gasteiger partial charge is 0.212 e. The van der Waals surface area contributed by atoms with Crippen LogP contribution >= 0.6 is 0 Å². The summed E-state index contributed by atoms with van der Waals surface area (Å²) in [6.07, 6.45) is 5.21. The molecule has 0 radical (unpaired) electrons. The fourth-order valence-electron chi connectivity index (χ4n) is 1.41. The second-order valence-corrected chi connectivity index (χ2v) is 8.14. The van der Waals surface area contributed by atoms with Gasteiger partial charge >= 0.3 is 0 Å². The van der Waals surface area contributed by atoms with Gasteiger partial charge in [-0.25, -0.2) is 8.42 Å². The number of hydrogen-bond acceptors (Lipinski definition) is 2. The molecule has 0 rings (SSSR count). The van der Waals surface area contributed by atoms with Crippen molar-refractivity contribution in [2.24, 2.45) is 5.41 Å². The van der Waals surface area contributed by atoms with E-state index in [9.17, 15) is 8.42 Å². The average molecular weight is 296 g/mol. The fourth-order valence-corrected chi connectivity index (χ4v) is 2.76. The van der Waals surface area contributed by atoms with Crippen LogP contribution in [0.4, 0.5) is 0 Å². The Kier molecular flexibility index (Phi) is 12.5. The Labute approximate surface area is 123 Å². The minimum Gasteiger partial charge on any atom is -0.212 e. The molecule has 0 aromatic carbocycles. The predicted molar refractivity (Wildman–Crippen MR) is 90.1 cm³/mol. The SMILES string of the molecule is C.C.C.CC(C)(C)/C=C\CN(C(C)(C)C)S(C)(=O)=O. The third kappa shape index (κ3) is 12.4. The van der Waals surface area contributed by atoms with Gasteiger partial charge in [0.15, 0.2) is 0 Å². The van der Waals surface area contributed by atoms with Gasteiger partial charge in [-0.1, -0.05) is 55.2 Å². The van der Waals surface area contributed by atoms with Gasteiger partial charge in [0.2, 0.25) is 10.0 Å². The zero-order valence-corrected chi connectivity index (χ0v) is 12.4. The van der Waals surface area contributed by atoms with Crippen molar-refractivity contribution in [2.45, 2.75) is 69.4 Å². The Bertz CT molecular complexity index is 343. The van der Waals surface area contributed by atoms with E-state index in [2.05, 4.69) is 20.8 Å². The van der Waals surface area contributed by atoms with Gasteiger partial charge in [0.25, 0.3) is 0 Å². The van der Waals surface area contributed by atoms with Crippen molar-refractivity contribution in [3.63, 3.8) is 0 Å². The molecule has 0 N–H and O–H groups in total. The summed E-state index contributed by atoms with van der Waals surface area (Å²) in [5.74, 6) is 0. The lowest BCUT2D eigenvalue weighted by Crippen LogP contribution is -2.45. The number of allylic oxidation sites excluding steroid dienone is 1. The first-order chi connectivity index (χ1) is 6.84. The molecule has 0 aliphatic heterocycles. The molecule has 0 unspecified atom stereocenters. The normalized spacial score (nSPS) is 12.6. The molecule has 19 heavy (non-hydrogen) atoms. The topological polar surface area (TPSA) is 37.4 Å². The standard InChI is InChI=1S/C12H25NO2S.3CH4/c1-11(2,3)9-8-10-13(12(4,5)6)16(7,14)15;;;/h8-9H,10H2,1-7H3;3*1H4/b9-8-;;;. The molecule has 120 valence electrons. The lowest BCUT2D eigenvalue weighted by molar-refractivity contribution is 0.271. The summed E-state index contributed by atoms with van der Waals surface area (Å²) < 4.78 is 24.8. The maximum Gasteiger partial charge on any atom is 0.211 e. The molecule has 0 saturated heterocycles. The van der Waals surface area contributed by atoms with Crippen LogP contribution in [0, 0.1) is 5.41 Å². The van der Waals surface area contributed by atoms with E-state index in [1.165, 1.54) is 10.6 Å². The van der Waals surface area contributed by atoms with Gasteiger partial charge < -0.3 is 0 Å². The summed E-state index contributed by atoms with van der Waals surface area (Å²) in [7, 11) is -3.16. The molecule has 0 saturated carbocycles. The molecular formula is C15H37NO2S. The number of sulfonamides is 1. The molecule has 0 aromatic rings. The van der Waals surface area contributed by atoms with Gasteiger partial charge in [-0.3, -0.25) is 0 Å². The minimum atomic E-state index is -3.16. The molecule has 0 bridgehead atoms. The highest BCUT2D eigenvalue weighted by atomic mass is 32.2. The molecule has 0 fully saturated rings. The van der Waals surface area contributed by atoms with Crippen LogP contribution in [-0.4, -0.2) is 31.1 Å². The lowest BCUT2D eigenvalue weighted by Gasteiger charge is -2.32. The minimum absolute atomic E-state index is 0. The molecule has 0 aliphatic carbocycles. The maximum atomic E-state index is 11.6. The Morgan fingerprint density at radius 2 is 1.32 bits per heavy atom. The van der Waals surface area contributed by atoms with E-state index >= 15 is 0 Å². The molecule has 0 heterocycles. The van der Waals surface area contributed by atoms with Crippen LogP contribution < -0.4 is 0 Å². The lowest BCUT2D eigenvalue weighted by atomic mass is 9.96. The Morgan fingerprint density at radius 3 is 1.53 bits per heavy atom. The van der Waals surface area contributed by atoms with E-state index in [1.54, 1.807) is 0 Å². The van der Waals surface area contributed by atoms with E-state index < -0.39 is 10.0 Å². The van der Waals surface area contributed by atoms with Gasteiger partial charge in [-0.05, 0) is 26.2 Å². The molecule has 0 amide bonds. The van der Waals surface area contributed by atoms with Gasteiger partial charge in [-0.15, -0.1) is 0 Å². The van der Waals surface area contributed by atoms with Crippen LogP contribution in [0.5, 0.6) is 0 Å². The highest BCUT2D eigenvalue weighted by Crippen LogP contribution is 2.19. The first-order valence-electron chi connectivity index (χ1n) is 5.49. The van der Waals surface area contributed by atoms with Crippen LogP contribution in [0.15, 0.2) is 12.2 Å². The monoisotopic (exact) mass is 295 g/mol. The van der Waals surface area contributed by atoms with E-state index in [0.29, 0.717) is 6.54 Å². The van der Waals surface area contributed by atoms with Crippen LogP contribution in [0.25, 0.3) is 0 Å². The summed E-state index contributed by atoms with van der Waals surface area (Å²) in [5.41, 5.74) is -0.295. The first-order valence-corrected chi connectivity index (χ1v) is 7.34. The van der Waals surface area contributed by atoms with Crippen LogP contribution in [-0.2, 0) is 10.0 Å². The van der Waals surface area contributed by atoms with E-state index in [0.717, 1.165) is 0 Å². The van der Waals surface area contributed by atoms with E-state index in [-0.39, 0.29) is 33.2 Å². The summed E-state index contributed by atoms with van der Waals surface area (Å²) in [6.45, 7) is 12.4. The maximum absolute atomic E-state index is 11.6.